The van der Waals surface area contributed by atoms with Crippen LogP contribution in [0.4, 0.5) is 0 Å². The first-order valence-corrected chi connectivity index (χ1v) is 37.8. The maximum absolute atomic E-state index is 12.5. The molecule has 3 N–H and O–H groups in total. The molecule has 0 aliphatic carbocycles. The first-order valence-electron chi connectivity index (χ1n) is 37.8. The molecule has 81 heavy (non-hydrogen) atoms. The highest BCUT2D eigenvalue weighted by Crippen LogP contribution is 2.20. The zero-order chi connectivity index (χ0) is 58.5. The predicted molar refractivity (Wildman–Crippen MR) is 357 cm³/mol. The van der Waals surface area contributed by atoms with E-state index in [9.17, 15) is 19.8 Å². The molecule has 2 unspecified atom stereocenters. The predicted octanol–water partition coefficient (Wildman–Crippen LogP) is 24.5. The summed E-state index contributed by atoms with van der Waals surface area (Å²) in [6, 6.07) is -0.536. The van der Waals surface area contributed by atoms with E-state index in [2.05, 4.69) is 19.2 Å². The SMILES string of the molecule is CCCCCCCCCCCCCCCCCC(=O)OCCCCCCCCCCCCCCCCCCCCCCCCCCCCCCCCCCCCCC(=O)NC(CO)C(O)CCCCCCCCCCCCCCCC. The molecule has 0 spiro atoms. The molecule has 0 heterocycles. The normalized spacial score (nSPS) is 12.4. The lowest BCUT2D eigenvalue weighted by atomic mass is 10.0. The Balaban J connectivity index is 3.28. The largest absolute Gasteiger partial charge is 0.466 e. The third kappa shape index (κ3) is 67.9. The van der Waals surface area contributed by atoms with Crippen molar-refractivity contribution >= 4 is 11.9 Å². The Kier molecular flexibility index (Phi) is 70.3. The molecule has 0 saturated heterocycles. The molecule has 0 aromatic heterocycles. The van der Waals surface area contributed by atoms with E-state index in [1.807, 2.05) is 0 Å². The monoisotopic (exact) mass is 1140 g/mol. The van der Waals surface area contributed by atoms with Crippen LogP contribution in [0.5, 0.6) is 0 Å². The van der Waals surface area contributed by atoms with Crippen LogP contribution in [0.3, 0.4) is 0 Å². The van der Waals surface area contributed by atoms with Crippen molar-refractivity contribution < 1.29 is 24.5 Å². The highest BCUT2D eigenvalue weighted by molar-refractivity contribution is 5.76. The van der Waals surface area contributed by atoms with E-state index in [0.29, 0.717) is 25.9 Å². The number of aliphatic hydroxyl groups is 2. The van der Waals surface area contributed by atoms with Gasteiger partial charge in [-0.1, -0.05) is 406 Å². The summed E-state index contributed by atoms with van der Waals surface area (Å²) in [7, 11) is 0. The number of hydrogen-bond acceptors (Lipinski definition) is 5. The van der Waals surface area contributed by atoms with Crippen molar-refractivity contribution in [1.29, 1.82) is 0 Å². The number of esters is 1. The molecule has 0 radical (unpaired) electrons. The molecular weight excluding hydrogens is 995 g/mol. The van der Waals surface area contributed by atoms with Crippen LogP contribution in [0.2, 0.25) is 0 Å². The summed E-state index contributed by atoms with van der Waals surface area (Å²) < 4.78 is 5.51. The van der Waals surface area contributed by atoms with Crippen molar-refractivity contribution in [2.24, 2.45) is 0 Å². The van der Waals surface area contributed by atoms with Gasteiger partial charge in [0.1, 0.15) is 0 Å². The quantitative estimate of drug-likeness (QED) is 0.0417. The zero-order valence-corrected chi connectivity index (χ0v) is 55.6. The number of unbranched alkanes of at least 4 members (excludes halogenated alkanes) is 61. The van der Waals surface area contributed by atoms with Gasteiger partial charge in [0.25, 0.3) is 0 Å². The molecule has 1 amide bonds. The molecule has 6 nitrogen and oxygen atoms in total. The number of nitrogens with one attached hydrogen (secondary N) is 1. The second-order valence-corrected chi connectivity index (χ2v) is 26.4. The van der Waals surface area contributed by atoms with Crippen LogP contribution >= 0.6 is 0 Å². The first kappa shape index (κ1) is 79.9. The first-order chi connectivity index (χ1) is 40.0. The Morgan fingerprint density at radius 1 is 0.296 bits per heavy atom. The van der Waals surface area contributed by atoms with E-state index in [1.54, 1.807) is 0 Å². The maximum atomic E-state index is 12.5. The van der Waals surface area contributed by atoms with Crippen LogP contribution in [0.1, 0.15) is 444 Å². The van der Waals surface area contributed by atoms with Crippen molar-refractivity contribution in [2.45, 2.75) is 456 Å². The van der Waals surface area contributed by atoms with Crippen LogP contribution < -0.4 is 5.32 Å². The van der Waals surface area contributed by atoms with E-state index in [0.717, 1.165) is 38.5 Å². The molecule has 2 atom stereocenters. The second kappa shape index (κ2) is 71.3. The molecule has 0 saturated carbocycles. The van der Waals surface area contributed by atoms with Gasteiger partial charge in [0.15, 0.2) is 0 Å². The number of ether oxygens (including phenoxy) is 1. The summed E-state index contributed by atoms with van der Waals surface area (Å²) in [5.74, 6) is 0.000717. The zero-order valence-electron chi connectivity index (χ0n) is 55.6. The summed E-state index contributed by atoms with van der Waals surface area (Å²) in [5, 5.41) is 23.3. The molecule has 0 bridgehead atoms. The van der Waals surface area contributed by atoms with Crippen LogP contribution in [0.25, 0.3) is 0 Å². The van der Waals surface area contributed by atoms with Crippen LogP contribution in [-0.4, -0.2) is 47.4 Å². The number of aliphatic hydroxyl groups excluding tert-OH is 2. The Hall–Kier alpha value is -1.14. The summed E-state index contributed by atoms with van der Waals surface area (Å²) in [5.41, 5.74) is 0. The van der Waals surface area contributed by atoms with Crippen LogP contribution in [0, 0.1) is 0 Å². The lowest BCUT2D eigenvalue weighted by Crippen LogP contribution is -2.45. The number of amides is 1. The van der Waals surface area contributed by atoms with Crippen molar-refractivity contribution in [2.75, 3.05) is 13.2 Å². The average molecular weight is 1150 g/mol. The minimum absolute atomic E-state index is 0.0260. The Morgan fingerprint density at radius 2 is 0.506 bits per heavy atom. The number of carbonyl (C=O) groups is 2. The number of hydrogen-bond donors (Lipinski definition) is 3. The summed E-state index contributed by atoms with van der Waals surface area (Å²) in [6.07, 6.45) is 87.6. The third-order valence-corrected chi connectivity index (χ3v) is 18.2. The molecule has 0 rings (SSSR count). The second-order valence-electron chi connectivity index (χ2n) is 26.4. The summed E-state index contributed by atoms with van der Waals surface area (Å²) >= 11 is 0. The molecule has 0 aliphatic rings. The van der Waals surface area contributed by atoms with E-state index >= 15 is 0 Å². The summed E-state index contributed by atoms with van der Waals surface area (Å²) in [6.45, 7) is 5.01. The standard InChI is InChI=1S/C75H149NO5/c1-3-5-7-9-11-13-15-17-40-45-49-53-57-61-65-69-75(80)81-70-66-62-58-54-50-46-42-39-37-35-33-31-29-27-25-23-21-19-20-22-24-26-28-30-32-34-36-38-41-44-48-52-56-60-64-68-74(79)76-72(71-77)73(78)67-63-59-55-51-47-43-18-16-14-12-10-8-6-4-2/h72-73,77-78H,3-71H2,1-2H3,(H,76,79). The molecule has 0 fully saturated rings. The van der Waals surface area contributed by atoms with E-state index in [4.69, 9.17) is 4.74 Å². The van der Waals surface area contributed by atoms with Gasteiger partial charge in [0, 0.05) is 12.8 Å². The van der Waals surface area contributed by atoms with Gasteiger partial charge < -0.3 is 20.3 Å². The lowest BCUT2D eigenvalue weighted by molar-refractivity contribution is -0.143. The minimum Gasteiger partial charge on any atom is -0.466 e. The highest BCUT2D eigenvalue weighted by atomic mass is 16.5. The van der Waals surface area contributed by atoms with Gasteiger partial charge in [-0.2, -0.15) is 0 Å². The molecule has 0 aromatic carbocycles. The number of carbonyl (C=O) groups excluding carboxylic acids is 2. The highest BCUT2D eigenvalue weighted by Gasteiger charge is 2.20. The molecule has 0 aliphatic heterocycles. The fourth-order valence-corrected chi connectivity index (χ4v) is 12.4. The van der Waals surface area contributed by atoms with Gasteiger partial charge >= 0.3 is 5.97 Å². The smallest absolute Gasteiger partial charge is 0.305 e. The Morgan fingerprint density at radius 3 is 0.753 bits per heavy atom. The fraction of sp³-hybridized carbons (Fsp3) is 0.973. The molecule has 484 valence electrons. The maximum Gasteiger partial charge on any atom is 0.305 e. The topological polar surface area (TPSA) is 95.9 Å². The average Bonchev–Trinajstić information content (AvgIpc) is 3.47. The van der Waals surface area contributed by atoms with Gasteiger partial charge in [-0.3, -0.25) is 9.59 Å². The molecule has 0 aromatic rings. The Bertz CT molecular complexity index is 1180. The van der Waals surface area contributed by atoms with Gasteiger partial charge in [-0.25, -0.2) is 0 Å². The third-order valence-electron chi connectivity index (χ3n) is 18.2. The van der Waals surface area contributed by atoms with Gasteiger partial charge in [-0.05, 0) is 25.7 Å². The van der Waals surface area contributed by atoms with Gasteiger partial charge in [0.2, 0.25) is 5.91 Å². The lowest BCUT2D eigenvalue weighted by Gasteiger charge is -2.22. The van der Waals surface area contributed by atoms with Gasteiger partial charge in [-0.15, -0.1) is 0 Å². The molecular formula is C75H149NO5. The summed E-state index contributed by atoms with van der Waals surface area (Å²) in [4.78, 5) is 24.6. The van der Waals surface area contributed by atoms with E-state index in [1.165, 1.54) is 372 Å². The van der Waals surface area contributed by atoms with Crippen molar-refractivity contribution in [3.05, 3.63) is 0 Å². The fourth-order valence-electron chi connectivity index (χ4n) is 12.4. The van der Waals surface area contributed by atoms with Crippen LogP contribution in [-0.2, 0) is 14.3 Å². The Labute approximate surface area is 508 Å². The van der Waals surface area contributed by atoms with Crippen molar-refractivity contribution in [3.63, 3.8) is 0 Å². The van der Waals surface area contributed by atoms with Crippen molar-refractivity contribution in [1.82, 2.24) is 5.32 Å². The minimum atomic E-state index is -0.659. The van der Waals surface area contributed by atoms with Gasteiger partial charge in [0.05, 0.1) is 25.4 Å². The van der Waals surface area contributed by atoms with E-state index < -0.39 is 12.1 Å². The molecule has 6 heteroatoms. The van der Waals surface area contributed by atoms with E-state index in [-0.39, 0.29) is 18.5 Å². The van der Waals surface area contributed by atoms with Crippen molar-refractivity contribution in [3.8, 4) is 0 Å². The number of rotatable bonds is 72. The van der Waals surface area contributed by atoms with Crippen LogP contribution in [0.15, 0.2) is 0 Å².